The number of nitrogens with zero attached hydrogens (tertiary/aromatic N) is 1. The summed E-state index contributed by atoms with van der Waals surface area (Å²) in [7, 11) is 0. The van der Waals surface area contributed by atoms with Crippen LogP contribution in [-0.4, -0.2) is 37.0 Å². The Morgan fingerprint density at radius 2 is 1.94 bits per heavy atom. The van der Waals surface area contributed by atoms with E-state index in [1.165, 1.54) is 6.07 Å². The van der Waals surface area contributed by atoms with Crippen molar-refractivity contribution >= 4 is 18.3 Å². The molecule has 0 radical (unpaired) electrons. The summed E-state index contributed by atoms with van der Waals surface area (Å²) in [6.07, 6.45) is 0.871. The Kier molecular flexibility index (Phi) is 6.09. The van der Waals surface area contributed by atoms with Gasteiger partial charge in [0.2, 0.25) is 5.91 Å². The van der Waals surface area contributed by atoms with Crippen molar-refractivity contribution in [1.29, 1.82) is 0 Å². The molecule has 3 nitrogen and oxygen atoms in total. The van der Waals surface area contributed by atoms with Crippen molar-refractivity contribution in [3.05, 3.63) is 35.6 Å². The number of halogens is 2. The van der Waals surface area contributed by atoms with E-state index in [2.05, 4.69) is 5.32 Å². The van der Waals surface area contributed by atoms with Crippen LogP contribution in [0, 0.1) is 5.82 Å². The third kappa shape index (κ3) is 3.96. The Hall–Kier alpha value is -1.13. The normalized spacial score (nSPS) is 15.1. The molecule has 0 bridgehead atoms. The van der Waals surface area contributed by atoms with Crippen molar-refractivity contribution in [3.8, 4) is 0 Å². The summed E-state index contributed by atoms with van der Waals surface area (Å²) in [4.78, 5) is 13.7. The lowest BCUT2D eigenvalue weighted by Crippen LogP contribution is -2.46. The molecule has 0 aliphatic carbocycles. The third-order valence-corrected chi connectivity index (χ3v) is 3.04. The largest absolute Gasteiger partial charge is 0.340 e. The molecule has 1 aromatic rings. The maximum Gasteiger partial charge on any atom is 0.222 e. The first-order valence-corrected chi connectivity index (χ1v) is 5.99. The van der Waals surface area contributed by atoms with E-state index >= 15 is 0 Å². The first-order chi connectivity index (χ1) is 8.27. The van der Waals surface area contributed by atoms with Gasteiger partial charge in [-0.15, -0.1) is 12.4 Å². The quantitative estimate of drug-likeness (QED) is 0.907. The van der Waals surface area contributed by atoms with Gasteiger partial charge in [0.1, 0.15) is 5.82 Å². The number of carbonyl (C=O) groups excluding carboxylic acids is 1. The highest BCUT2D eigenvalue weighted by molar-refractivity contribution is 5.85. The highest BCUT2D eigenvalue weighted by Crippen LogP contribution is 2.10. The minimum Gasteiger partial charge on any atom is -0.340 e. The SMILES string of the molecule is Cl.O=C(CCc1ccccc1F)N1CCNCC1. The van der Waals surface area contributed by atoms with Crippen molar-refractivity contribution in [2.45, 2.75) is 12.8 Å². The zero-order valence-corrected chi connectivity index (χ0v) is 11.0. The van der Waals surface area contributed by atoms with Gasteiger partial charge in [-0.2, -0.15) is 0 Å². The average Bonchev–Trinajstić information content (AvgIpc) is 2.38. The Labute approximate surface area is 113 Å². The number of benzene rings is 1. The molecular weight excluding hydrogens is 255 g/mol. The van der Waals surface area contributed by atoms with E-state index < -0.39 is 0 Å². The highest BCUT2D eigenvalue weighted by Gasteiger charge is 2.16. The summed E-state index contributed by atoms with van der Waals surface area (Å²) in [5.74, 6) is -0.102. The van der Waals surface area contributed by atoms with E-state index in [0.29, 0.717) is 18.4 Å². The van der Waals surface area contributed by atoms with Crippen LogP contribution < -0.4 is 5.32 Å². The summed E-state index contributed by atoms with van der Waals surface area (Å²) in [6.45, 7) is 3.23. The lowest BCUT2D eigenvalue weighted by atomic mass is 10.1. The molecule has 1 N–H and O–H groups in total. The van der Waals surface area contributed by atoms with Crippen LogP contribution in [0.4, 0.5) is 4.39 Å². The first kappa shape index (κ1) is 14.9. The van der Waals surface area contributed by atoms with Crippen molar-refractivity contribution in [2.24, 2.45) is 0 Å². The monoisotopic (exact) mass is 272 g/mol. The number of carbonyl (C=O) groups is 1. The van der Waals surface area contributed by atoms with E-state index in [1.54, 1.807) is 18.2 Å². The topological polar surface area (TPSA) is 32.3 Å². The maximum atomic E-state index is 13.3. The van der Waals surface area contributed by atoms with Crippen LogP contribution in [-0.2, 0) is 11.2 Å². The van der Waals surface area contributed by atoms with Crippen LogP contribution in [0.2, 0.25) is 0 Å². The molecule has 5 heteroatoms. The zero-order chi connectivity index (χ0) is 12.1. The minimum atomic E-state index is -0.222. The van der Waals surface area contributed by atoms with Crippen molar-refractivity contribution in [1.82, 2.24) is 10.2 Å². The lowest BCUT2D eigenvalue weighted by Gasteiger charge is -2.27. The third-order valence-electron chi connectivity index (χ3n) is 3.04. The first-order valence-electron chi connectivity index (χ1n) is 5.99. The van der Waals surface area contributed by atoms with Gasteiger partial charge >= 0.3 is 0 Å². The van der Waals surface area contributed by atoms with Crippen LogP contribution in [0.3, 0.4) is 0 Å². The number of hydrogen-bond acceptors (Lipinski definition) is 2. The number of rotatable bonds is 3. The molecule has 1 amide bonds. The van der Waals surface area contributed by atoms with Crippen molar-refractivity contribution < 1.29 is 9.18 Å². The number of piperazine rings is 1. The summed E-state index contributed by atoms with van der Waals surface area (Å²) in [5, 5.41) is 3.20. The zero-order valence-electron chi connectivity index (χ0n) is 10.2. The van der Waals surface area contributed by atoms with Gasteiger partial charge in [0.05, 0.1) is 0 Å². The van der Waals surface area contributed by atoms with Crippen LogP contribution in [0.15, 0.2) is 24.3 Å². The maximum absolute atomic E-state index is 13.3. The van der Waals surface area contributed by atoms with Crippen LogP contribution in [0.5, 0.6) is 0 Å². The van der Waals surface area contributed by atoms with Gasteiger partial charge in [-0.05, 0) is 18.1 Å². The second-order valence-electron chi connectivity index (χ2n) is 4.22. The average molecular weight is 273 g/mol. The Bertz CT molecular complexity index is 394. The molecule has 18 heavy (non-hydrogen) atoms. The Morgan fingerprint density at radius 1 is 1.28 bits per heavy atom. The van der Waals surface area contributed by atoms with Gasteiger partial charge in [-0.1, -0.05) is 18.2 Å². The van der Waals surface area contributed by atoms with E-state index in [0.717, 1.165) is 26.2 Å². The van der Waals surface area contributed by atoms with Crippen LogP contribution in [0.1, 0.15) is 12.0 Å². The molecule has 0 saturated carbocycles. The number of hydrogen-bond donors (Lipinski definition) is 1. The Balaban J connectivity index is 0.00000162. The number of amides is 1. The molecule has 0 spiro atoms. The molecule has 1 aliphatic rings. The number of nitrogens with one attached hydrogen (secondary N) is 1. The standard InChI is InChI=1S/C13H17FN2O.ClH/c14-12-4-2-1-3-11(12)5-6-13(17)16-9-7-15-8-10-16;/h1-4,15H,5-10H2;1H. The fourth-order valence-corrected chi connectivity index (χ4v) is 2.02. The fourth-order valence-electron chi connectivity index (χ4n) is 2.02. The molecule has 1 aliphatic heterocycles. The molecule has 0 atom stereocenters. The molecule has 0 unspecified atom stereocenters. The molecule has 1 aromatic carbocycles. The second kappa shape index (κ2) is 7.34. The molecular formula is C13H18ClFN2O. The molecule has 2 rings (SSSR count). The fraction of sp³-hybridized carbons (Fsp3) is 0.462. The number of aryl methyl sites for hydroxylation is 1. The molecule has 100 valence electrons. The van der Waals surface area contributed by atoms with E-state index in [4.69, 9.17) is 0 Å². The van der Waals surface area contributed by atoms with Crippen molar-refractivity contribution in [3.63, 3.8) is 0 Å². The minimum absolute atomic E-state index is 0. The van der Waals surface area contributed by atoms with E-state index in [1.807, 2.05) is 4.90 Å². The van der Waals surface area contributed by atoms with E-state index in [-0.39, 0.29) is 24.1 Å². The summed E-state index contributed by atoms with van der Waals surface area (Å²) in [6, 6.07) is 6.63. The van der Waals surface area contributed by atoms with Crippen LogP contribution >= 0.6 is 12.4 Å². The van der Waals surface area contributed by atoms with Crippen LogP contribution in [0.25, 0.3) is 0 Å². The van der Waals surface area contributed by atoms with Crippen molar-refractivity contribution in [2.75, 3.05) is 26.2 Å². The molecule has 0 aromatic heterocycles. The molecule has 1 fully saturated rings. The smallest absolute Gasteiger partial charge is 0.222 e. The van der Waals surface area contributed by atoms with Gasteiger partial charge in [0.25, 0.3) is 0 Å². The summed E-state index contributed by atoms with van der Waals surface area (Å²) >= 11 is 0. The van der Waals surface area contributed by atoms with Gasteiger partial charge in [0, 0.05) is 32.6 Å². The molecule has 1 saturated heterocycles. The van der Waals surface area contributed by atoms with Gasteiger partial charge in [0.15, 0.2) is 0 Å². The lowest BCUT2D eigenvalue weighted by molar-refractivity contribution is -0.131. The van der Waals surface area contributed by atoms with E-state index in [9.17, 15) is 9.18 Å². The summed E-state index contributed by atoms with van der Waals surface area (Å²) < 4.78 is 13.3. The predicted molar refractivity (Wildman–Crippen MR) is 71.4 cm³/mol. The molecule has 1 heterocycles. The van der Waals surface area contributed by atoms with Gasteiger partial charge in [-0.25, -0.2) is 4.39 Å². The highest BCUT2D eigenvalue weighted by atomic mass is 35.5. The summed E-state index contributed by atoms with van der Waals surface area (Å²) in [5.41, 5.74) is 0.621. The van der Waals surface area contributed by atoms with Gasteiger partial charge < -0.3 is 10.2 Å². The predicted octanol–water partition coefficient (Wildman–Crippen LogP) is 1.61. The van der Waals surface area contributed by atoms with Gasteiger partial charge in [-0.3, -0.25) is 4.79 Å². The Morgan fingerprint density at radius 3 is 2.61 bits per heavy atom. The second-order valence-corrected chi connectivity index (χ2v) is 4.22.